The van der Waals surface area contributed by atoms with E-state index in [1.54, 1.807) is 24.1 Å². The molecule has 0 saturated carbocycles. The number of hydrogen-bond donors (Lipinski definition) is 1. The lowest BCUT2D eigenvalue weighted by molar-refractivity contribution is -0.121. The average Bonchev–Trinajstić information content (AvgIpc) is 3.10. The monoisotopic (exact) mass is 444 g/mol. The maximum Gasteiger partial charge on any atom is 0.226 e. The number of benzene rings is 2. The molecule has 8 heteroatoms. The van der Waals surface area contributed by atoms with Gasteiger partial charge in [0.2, 0.25) is 11.8 Å². The van der Waals surface area contributed by atoms with E-state index in [2.05, 4.69) is 5.32 Å². The molecule has 0 aliphatic carbocycles. The molecule has 7 nitrogen and oxygen atoms in total. The molecule has 1 heterocycles. The standard InChI is InChI=1S/C23H28N2O5S/c1-4-23(27)25-16(2)12-18-14-20(8-9-21(18)25)31(28,29)11-10-22(26)24-15-17-6-5-7-19(13-17)30-3/h5-9,13-14,16H,4,10-12,15H2,1-3H3,(H,24,26)/t16-/m1/s1. The summed E-state index contributed by atoms with van der Waals surface area (Å²) in [6.07, 6.45) is 0.889. The maximum absolute atomic E-state index is 12.8. The Morgan fingerprint density at radius 1 is 1.19 bits per heavy atom. The second-order valence-electron chi connectivity index (χ2n) is 7.66. The van der Waals surface area contributed by atoms with E-state index < -0.39 is 9.84 Å². The third kappa shape index (κ3) is 5.25. The number of hydrogen-bond acceptors (Lipinski definition) is 5. The van der Waals surface area contributed by atoms with Gasteiger partial charge >= 0.3 is 0 Å². The van der Waals surface area contributed by atoms with Gasteiger partial charge in [0.25, 0.3) is 0 Å². The molecule has 0 aromatic heterocycles. The number of rotatable bonds is 8. The summed E-state index contributed by atoms with van der Waals surface area (Å²) < 4.78 is 30.7. The van der Waals surface area contributed by atoms with Crippen LogP contribution in [-0.4, -0.2) is 39.1 Å². The highest BCUT2D eigenvalue weighted by molar-refractivity contribution is 7.91. The number of anilines is 1. The van der Waals surface area contributed by atoms with Crippen molar-refractivity contribution in [3.8, 4) is 5.75 Å². The molecule has 0 radical (unpaired) electrons. The fraction of sp³-hybridized carbons (Fsp3) is 0.391. The molecule has 1 aliphatic heterocycles. The lowest BCUT2D eigenvalue weighted by Crippen LogP contribution is -2.35. The van der Waals surface area contributed by atoms with Crippen LogP contribution in [0, 0.1) is 0 Å². The summed E-state index contributed by atoms with van der Waals surface area (Å²) in [5.41, 5.74) is 2.49. The minimum absolute atomic E-state index is 0.00259. The Balaban J connectivity index is 1.61. The third-order valence-electron chi connectivity index (χ3n) is 5.42. The largest absolute Gasteiger partial charge is 0.497 e. The number of sulfone groups is 1. The molecule has 2 aromatic rings. The van der Waals surface area contributed by atoms with Crippen molar-refractivity contribution in [1.29, 1.82) is 0 Å². The van der Waals surface area contributed by atoms with Crippen LogP contribution < -0.4 is 15.0 Å². The molecule has 2 aromatic carbocycles. The van der Waals surface area contributed by atoms with Crippen molar-refractivity contribution < 1.29 is 22.7 Å². The Morgan fingerprint density at radius 3 is 2.68 bits per heavy atom. The fourth-order valence-corrected chi connectivity index (χ4v) is 5.05. The summed E-state index contributed by atoms with van der Waals surface area (Å²) in [4.78, 5) is 26.3. The lowest BCUT2D eigenvalue weighted by atomic mass is 10.1. The zero-order valence-electron chi connectivity index (χ0n) is 18.1. The van der Waals surface area contributed by atoms with E-state index in [0.717, 1.165) is 16.8 Å². The number of methoxy groups -OCH3 is 1. The topological polar surface area (TPSA) is 92.8 Å². The van der Waals surface area contributed by atoms with Crippen LogP contribution in [-0.2, 0) is 32.4 Å². The number of fused-ring (bicyclic) bond motifs is 1. The summed E-state index contributed by atoms with van der Waals surface area (Å²) in [6, 6.07) is 12.2. The second kappa shape index (κ2) is 9.51. The molecular weight excluding hydrogens is 416 g/mol. The van der Waals surface area contributed by atoms with Crippen LogP contribution in [0.3, 0.4) is 0 Å². The van der Waals surface area contributed by atoms with Gasteiger partial charge in [0.15, 0.2) is 9.84 Å². The summed E-state index contributed by atoms with van der Waals surface area (Å²) in [5.74, 6) is 0.109. The first-order valence-electron chi connectivity index (χ1n) is 10.3. The zero-order chi connectivity index (χ0) is 22.6. The molecule has 1 aliphatic rings. The highest BCUT2D eigenvalue weighted by atomic mass is 32.2. The zero-order valence-corrected chi connectivity index (χ0v) is 18.9. The Kier molecular flexibility index (Phi) is 7.00. The van der Waals surface area contributed by atoms with Crippen molar-refractivity contribution in [1.82, 2.24) is 5.32 Å². The summed E-state index contributed by atoms with van der Waals surface area (Å²) >= 11 is 0. The van der Waals surface area contributed by atoms with Crippen molar-refractivity contribution in [3.63, 3.8) is 0 Å². The normalized spacial score (nSPS) is 15.5. The number of nitrogens with one attached hydrogen (secondary N) is 1. The Labute approximate surface area is 183 Å². The number of carbonyl (C=O) groups excluding carboxylic acids is 2. The summed E-state index contributed by atoms with van der Waals surface area (Å²) in [7, 11) is -2.04. The van der Waals surface area contributed by atoms with Crippen LogP contribution in [0.25, 0.3) is 0 Å². The van der Waals surface area contributed by atoms with Crippen LogP contribution in [0.15, 0.2) is 47.4 Å². The van der Waals surface area contributed by atoms with Gasteiger partial charge in [-0.25, -0.2) is 8.42 Å². The first-order valence-corrected chi connectivity index (χ1v) is 12.0. The molecule has 0 bridgehead atoms. The van der Waals surface area contributed by atoms with Crippen LogP contribution >= 0.6 is 0 Å². The van der Waals surface area contributed by atoms with Crippen molar-refractivity contribution in [2.24, 2.45) is 0 Å². The van der Waals surface area contributed by atoms with Gasteiger partial charge in [0, 0.05) is 31.1 Å². The Hall–Kier alpha value is -2.87. The molecule has 0 saturated heterocycles. The lowest BCUT2D eigenvalue weighted by Gasteiger charge is -2.22. The SMILES string of the molecule is CCC(=O)N1c2ccc(S(=O)(=O)CCC(=O)NCc3cccc(OC)c3)cc2C[C@H]1C. The van der Waals surface area contributed by atoms with Gasteiger partial charge in [-0.15, -0.1) is 0 Å². The van der Waals surface area contributed by atoms with Crippen molar-refractivity contribution in [2.45, 2.75) is 50.6 Å². The first-order chi connectivity index (χ1) is 14.7. The smallest absolute Gasteiger partial charge is 0.226 e. The third-order valence-corrected chi connectivity index (χ3v) is 7.13. The maximum atomic E-state index is 12.8. The van der Waals surface area contributed by atoms with Crippen molar-refractivity contribution >= 4 is 27.3 Å². The van der Waals surface area contributed by atoms with E-state index in [-0.39, 0.29) is 34.9 Å². The highest BCUT2D eigenvalue weighted by Gasteiger charge is 2.31. The molecule has 0 unspecified atom stereocenters. The molecule has 0 fully saturated rings. The van der Waals surface area contributed by atoms with E-state index in [4.69, 9.17) is 4.74 Å². The Morgan fingerprint density at radius 2 is 1.97 bits per heavy atom. The molecular formula is C23H28N2O5S. The van der Waals surface area contributed by atoms with Crippen LogP contribution in [0.4, 0.5) is 5.69 Å². The minimum atomic E-state index is -3.62. The van der Waals surface area contributed by atoms with Gasteiger partial charge in [-0.1, -0.05) is 19.1 Å². The van der Waals surface area contributed by atoms with Gasteiger partial charge in [0.1, 0.15) is 5.75 Å². The Bertz CT molecular complexity index is 1080. The molecule has 2 amide bonds. The number of carbonyl (C=O) groups is 2. The van der Waals surface area contributed by atoms with E-state index >= 15 is 0 Å². The summed E-state index contributed by atoms with van der Waals surface area (Å²) in [5, 5.41) is 2.74. The molecule has 3 rings (SSSR count). The average molecular weight is 445 g/mol. The van der Waals surface area contributed by atoms with Gasteiger partial charge in [-0.05, 0) is 54.8 Å². The molecule has 166 valence electrons. The highest BCUT2D eigenvalue weighted by Crippen LogP contribution is 2.34. The van der Waals surface area contributed by atoms with E-state index in [1.807, 2.05) is 38.1 Å². The van der Waals surface area contributed by atoms with Crippen molar-refractivity contribution in [2.75, 3.05) is 17.8 Å². The van der Waals surface area contributed by atoms with Gasteiger partial charge in [-0.2, -0.15) is 0 Å². The van der Waals surface area contributed by atoms with E-state index in [0.29, 0.717) is 25.1 Å². The fourth-order valence-electron chi connectivity index (χ4n) is 3.77. The van der Waals surface area contributed by atoms with Gasteiger partial charge in [-0.3, -0.25) is 9.59 Å². The molecule has 31 heavy (non-hydrogen) atoms. The van der Waals surface area contributed by atoms with Gasteiger partial charge < -0.3 is 15.0 Å². The minimum Gasteiger partial charge on any atom is -0.497 e. The quantitative estimate of drug-likeness (QED) is 0.676. The molecule has 0 spiro atoms. The van der Waals surface area contributed by atoms with Crippen LogP contribution in [0.1, 0.15) is 37.8 Å². The van der Waals surface area contributed by atoms with Crippen LogP contribution in [0.5, 0.6) is 5.75 Å². The second-order valence-corrected chi connectivity index (χ2v) is 9.77. The number of amides is 2. The predicted octanol–water partition coefficient (Wildman–Crippen LogP) is 2.86. The number of nitrogens with zero attached hydrogens (tertiary/aromatic N) is 1. The van der Waals surface area contributed by atoms with Gasteiger partial charge in [0.05, 0.1) is 17.8 Å². The van der Waals surface area contributed by atoms with Crippen molar-refractivity contribution in [3.05, 3.63) is 53.6 Å². The predicted molar refractivity (Wildman–Crippen MR) is 119 cm³/mol. The first kappa shape index (κ1) is 22.8. The molecule has 1 atom stereocenters. The number of ether oxygens (including phenoxy) is 1. The molecule has 1 N–H and O–H groups in total. The van der Waals surface area contributed by atoms with E-state index in [9.17, 15) is 18.0 Å². The summed E-state index contributed by atoms with van der Waals surface area (Å²) in [6.45, 7) is 4.06. The van der Waals surface area contributed by atoms with E-state index in [1.165, 1.54) is 6.07 Å². The van der Waals surface area contributed by atoms with Crippen LogP contribution in [0.2, 0.25) is 0 Å².